The van der Waals surface area contributed by atoms with Crippen molar-refractivity contribution in [2.75, 3.05) is 19.0 Å². The fourth-order valence-corrected chi connectivity index (χ4v) is 1.88. The molecular weight excluding hydrogens is 224 g/mol. The molecule has 3 heteroatoms. The molecule has 0 saturated carbocycles. The van der Waals surface area contributed by atoms with Gasteiger partial charge in [-0.25, -0.2) is 4.99 Å². The third-order valence-electron chi connectivity index (χ3n) is 2.76. The van der Waals surface area contributed by atoms with Crippen LogP contribution >= 0.6 is 0 Å². The van der Waals surface area contributed by atoms with Crippen LogP contribution in [0.4, 0.5) is 11.4 Å². The van der Waals surface area contributed by atoms with E-state index in [2.05, 4.69) is 22.9 Å². The van der Waals surface area contributed by atoms with Crippen LogP contribution in [0.2, 0.25) is 0 Å². The SMILES string of the molecule is Cc1cc(N=C2C=CC(=O)C=C2)ccc1N(C)C. The van der Waals surface area contributed by atoms with Gasteiger partial charge in [-0.3, -0.25) is 4.79 Å². The maximum atomic E-state index is 11.0. The number of rotatable bonds is 2. The summed E-state index contributed by atoms with van der Waals surface area (Å²) in [6.07, 6.45) is 6.52. The summed E-state index contributed by atoms with van der Waals surface area (Å²) in [6.45, 7) is 2.06. The van der Waals surface area contributed by atoms with Crippen LogP contribution in [0.1, 0.15) is 5.56 Å². The van der Waals surface area contributed by atoms with E-state index in [-0.39, 0.29) is 5.78 Å². The van der Waals surface area contributed by atoms with Gasteiger partial charge in [0.25, 0.3) is 0 Å². The third-order valence-corrected chi connectivity index (χ3v) is 2.76. The number of ketones is 1. The number of aryl methyl sites for hydroxylation is 1. The molecule has 1 aliphatic rings. The molecule has 0 radical (unpaired) electrons. The van der Waals surface area contributed by atoms with Gasteiger partial charge in [-0.2, -0.15) is 0 Å². The number of aliphatic imine (C=N–C) groups is 1. The number of hydrogen-bond donors (Lipinski definition) is 0. The molecule has 0 aromatic heterocycles. The van der Waals surface area contributed by atoms with Crippen molar-refractivity contribution in [3.63, 3.8) is 0 Å². The number of nitrogens with zero attached hydrogens (tertiary/aromatic N) is 2. The molecule has 0 unspecified atom stereocenters. The van der Waals surface area contributed by atoms with Crippen LogP contribution in [-0.2, 0) is 4.79 Å². The van der Waals surface area contributed by atoms with Crippen LogP contribution in [0.15, 0.2) is 47.5 Å². The standard InChI is InChI=1S/C15H16N2O/c1-11-10-13(6-9-15(11)17(2)3)16-12-4-7-14(18)8-5-12/h4-10H,1-3H3. The molecule has 1 aromatic carbocycles. The molecule has 18 heavy (non-hydrogen) atoms. The zero-order valence-electron chi connectivity index (χ0n) is 10.8. The lowest BCUT2D eigenvalue weighted by Gasteiger charge is -2.15. The first-order chi connectivity index (χ1) is 8.56. The van der Waals surface area contributed by atoms with Gasteiger partial charge < -0.3 is 4.90 Å². The molecule has 92 valence electrons. The van der Waals surface area contributed by atoms with Gasteiger partial charge in [0.05, 0.1) is 11.4 Å². The van der Waals surface area contributed by atoms with Crippen LogP contribution in [0.5, 0.6) is 0 Å². The van der Waals surface area contributed by atoms with Crippen molar-refractivity contribution in [2.45, 2.75) is 6.92 Å². The Bertz CT molecular complexity index is 548. The lowest BCUT2D eigenvalue weighted by molar-refractivity contribution is -0.110. The minimum absolute atomic E-state index is 0.00749. The molecule has 0 aliphatic heterocycles. The Morgan fingerprint density at radius 2 is 1.72 bits per heavy atom. The van der Waals surface area contributed by atoms with Gasteiger partial charge >= 0.3 is 0 Å². The summed E-state index contributed by atoms with van der Waals surface area (Å²) < 4.78 is 0. The van der Waals surface area contributed by atoms with E-state index >= 15 is 0 Å². The van der Waals surface area contributed by atoms with Crippen molar-refractivity contribution in [2.24, 2.45) is 4.99 Å². The van der Waals surface area contributed by atoms with Gasteiger partial charge in [0.1, 0.15) is 0 Å². The van der Waals surface area contributed by atoms with Crippen molar-refractivity contribution < 1.29 is 4.79 Å². The Labute approximate surface area is 107 Å². The predicted molar refractivity (Wildman–Crippen MR) is 75.9 cm³/mol. The smallest absolute Gasteiger partial charge is 0.178 e. The highest BCUT2D eigenvalue weighted by Gasteiger charge is 2.03. The first-order valence-electron chi connectivity index (χ1n) is 5.83. The first kappa shape index (κ1) is 12.3. The van der Waals surface area contributed by atoms with E-state index in [9.17, 15) is 4.79 Å². The Morgan fingerprint density at radius 1 is 1.06 bits per heavy atom. The largest absolute Gasteiger partial charge is 0.377 e. The lowest BCUT2D eigenvalue weighted by atomic mass is 10.1. The summed E-state index contributed by atoms with van der Waals surface area (Å²) in [6, 6.07) is 6.07. The highest BCUT2D eigenvalue weighted by molar-refractivity contribution is 6.17. The molecule has 0 amide bonds. The van der Waals surface area contributed by atoms with Crippen molar-refractivity contribution in [3.8, 4) is 0 Å². The Hall–Kier alpha value is -2.16. The molecule has 2 rings (SSSR count). The molecule has 1 aromatic rings. The van der Waals surface area contributed by atoms with E-state index in [1.54, 1.807) is 12.2 Å². The number of hydrogen-bond acceptors (Lipinski definition) is 3. The zero-order chi connectivity index (χ0) is 13.1. The number of carbonyl (C=O) groups excluding carboxylic acids is 1. The predicted octanol–water partition coefficient (Wildman–Crippen LogP) is 2.83. The zero-order valence-corrected chi connectivity index (χ0v) is 10.8. The first-order valence-corrected chi connectivity index (χ1v) is 5.83. The van der Waals surface area contributed by atoms with E-state index in [0.717, 1.165) is 11.4 Å². The fourth-order valence-electron chi connectivity index (χ4n) is 1.88. The normalized spacial score (nSPS) is 13.9. The second-order valence-electron chi connectivity index (χ2n) is 4.47. The van der Waals surface area contributed by atoms with Crippen molar-refractivity contribution >= 4 is 22.9 Å². The molecule has 0 fully saturated rings. The van der Waals surface area contributed by atoms with Gasteiger partial charge in [0, 0.05) is 19.8 Å². The summed E-state index contributed by atoms with van der Waals surface area (Å²) in [5.74, 6) is 0.00749. The van der Waals surface area contributed by atoms with Crippen molar-refractivity contribution in [1.29, 1.82) is 0 Å². The highest BCUT2D eigenvalue weighted by atomic mass is 16.1. The minimum Gasteiger partial charge on any atom is -0.377 e. The van der Waals surface area contributed by atoms with E-state index in [1.807, 2.05) is 26.2 Å². The number of allylic oxidation sites excluding steroid dienone is 4. The Balaban J connectivity index is 2.28. The summed E-state index contributed by atoms with van der Waals surface area (Å²) in [5, 5.41) is 0. The van der Waals surface area contributed by atoms with Gasteiger partial charge in [-0.1, -0.05) is 0 Å². The van der Waals surface area contributed by atoms with Gasteiger partial charge in [-0.15, -0.1) is 0 Å². The Morgan fingerprint density at radius 3 is 2.28 bits per heavy atom. The van der Waals surface area contributed by atoms with Crippen molar-refractivity contribution in [3.05, 3.63) is 48.1 Å². The average Bonchev–Trinajstić information content (AvgIpc) is 2.32. The van der Waals surface area contributed by atoms with E-state index < -0.39 is 0 Å². The van der Waals surface area contributed by atoms with E-state index in [1.165, 1.54) is 23.4 Å². The van der Waals surface area contributed by atoms with Crippen LogP contribution in [0.25, 0.3) is 0 Å². The highest BCUT2D eigenvalue weighted by Crippen LogP contribution is 2.24. The van der Waals surface area contributed by atoms with Crippen LogP contribution < -0.4 is 4.90 Å². The van der Waals surface area contributed by atoms with E-state index in [0.29, 0.717) is 0 Å². The second kappa shape index (κ2) is 5.00. The van der Waals surface area contributed by atoms with Crippen LogP contribution in [0.3, 0.4) is 0 Å². The van der Waals surface area contributed by atoms with Gasteiger partial charge in [0.15, 0.2) is 5.78 Å². The molecule has 3 nitrogen and oxygen atoms in total. The average molecular weight is 240 g/mol. The number of benzene rings is 1. The second-order valence-corrected chi connectivity index (χ2v) is 4.47. The van der Waals surface area contributed by atoms with Crippen LogP contribution in [-0.4, -0.2) is 25.6 Å². The summed E-state index contributed by atoms with van der Waals surface area (Å²) >= 11 is 0. The molecule has 0 atom stereocenters. The fraction of sp³-hybridized carbons (Fsp3) is 0.200. The molecule has 0 saturated heterocycles. The van der Waals surface area contributed by atoms with Gasteiger partial charge in [0.2, 0.25) is 0 Å². The van der Waals surface area contributed by atoms with Gasteiger partial charge in [-0.05, 0) is 55.0 Å². The number of carbonyl (C=O) groups is 1. The monoisotopic (exact) mass is 240 g/mol. The lowest BCUT2D eigenvalue weighted by Crippen LogP contribution is -2.09. The molecular formula is C15H16N2O. The van der Waals surface area contributed by atoms with Crippen molar-refractivity contribution in [1.82, 2.24) is 0 Å². The third kappa shape index (κ3) is 2.74. The molecule has 1 aliphatic carbocycles. The summed E-state index contributed by atoms with van der Waals surface area (Å²) in [5.41, 5.74) is 4.06. The molecule has 0 N–H and O–H groups in total. The van der Waals surface area contributed by atoms with Crippen LogP contribution in [0, 0.1) is 6.92 Å². The number of anilines is 1. The maximum Gasteiger partial charge on any atom is 0.178 e. The molecule has 0 spiro atoms. The maximum absolute atomic E-state index is 11.0. The summed E-state index contributed by atoms with van der Waals surface area (Å²) in [7, 11) is 4.04. The minimum atomic E-state index is 0.00749. The summed E-state index contributed by atoms with van der Waals surface area (Å²) in [4.78, 5) is 17.6. The molecule has 0 bridgehead atoms. The van der Waals surface area contributed by atoms with E-state index in [4.69, 9.17) is 0 Å². The topological polar surface area (TPSA) is 32.7 Å². The Kier molecular flexibility index (Phi) is 3.42. The molecule has 0 heterocycles. The quantitative estimate of drug-likeness (QED) is 0.745.